The van der Waals surface area contributed by atoms with Gasteiger partial charge in [0, 0.05) is 28.4 Å². The highest BCUT2D eigenvalue weighted by molar-refractivity contribution is 7.99. The van der Waals surface area contributed by atoms with E-state index in [1.807, 2.05) is 38.1 Å². The van der Waals surface area contributed by atoms with Gasteiger partial charge in [0.05, 0.1) is 12.3 Å². The van der Waals surface area contributed by atoms with Crippen LogP contribution in [0.1, 0.15) is 38.0 Å². The second kappa shape index (κ2) is 9.66. The third-order valence-electron chi connectivity index (χ3n) is 5.45. The molecule has 5 nitrogen and oxygen atoms in total. The first-order chi connectivity index (χ1) is 15.0. The fourth-order valence-corrected chi connectivity index (χ4v) is 5.29. The Kier molecular flexibility index (Phi) is 6.73. The van der Waals surface area contributed by atoms with Crippen LogP contribution in [0.15, 0.2) is 59.1 Å². The van der Waals surface area contributed by atoms with Gasteiger partial charge in [0.25, 0.3) is 0 Å². The van der Waals surface area contributed by atoms with Crippen LogP contribution in [-0.2, 0) is 19.5 Å². The molecule has 3 aromatic heterocycles. The zero-order valence-corrected chi connectivity index (χ0v) is 19.7. The lowest BCUT2D eigenvalue weighted by Gasteiger charge is -2.09. The fraction of sp³-hybridized carbons (Fsp3) is 0.292. The monoisotopic (exact) mass is 450 g/mol. The minimum atomic E-state index is 0.132. The first-order valence-corrected chi connectivity index (χ1v) is 12.2. The molecule has 3 heterocycles. The molecule has 1 aromatic carbocycles. The summed E-state index contributed by atoms with van der Waals surface area (Å²) < 4.78 is 4.32. The molecule has 0 saturated heterocycles. The Balaban J connectivity index is 1.43. The smallest absolute Gasteiger partial charge is 0.191 e. The van der Waals surface area contributed by atoms with Crippen LogP contribution in [0.3, 0.4) is 0 Å². The molecule has 0 bridgehead atoms. The molecule has 0 saturated carbocycles. The van der Waals surface area contributed by atoms with Crippen LogP contribution in [0.2, 0.25) is 0 Å². The summed E-state index contributed by atoms with van der Waals surface area (Å²) >= 11 is 3.24. The van der Waals surface area contributed by atoms with Crippen molar-refractivity contribution in [2.45, 2.75) is 45.4 Å². The zero-order valence-electron chi connectivity index (χ0n) is 18.0. The Morgan fingerprint density at radius 3 is 2.58 bits per heavy atom. The van der Waals surface area contributed by atoms with Crippen LogP contribution in [0.25, 0.3) is 0 Å². The number of thiophene rings is 1. The lowest BCUT2D eigenvalue weighted by molar-refractivity contribution is 0.102. The summed E-state index contributed by atoms with van der Waals surface area (Å²) in [4.78, 5) is 14.4. The number of hydrogen-bond acceptors (Lipinski definition) is 5. The van der Waals surface area contributed by atoms with E-state index in [9.17, 15) is 4.79 Å². The van der Waals surface area contributed by atoms with E-state index >= 15 is 0 Å². The van der Waals surface area contributed by atoms with Gasteiger partial charge in [-0.25, -0.2) is 0 Å². The van der Waals surface area contributed by atoms with Gasteiger partial charge in [0.1, 0.15) is 5.82 Å². The van der Waals surface area contributed by atoms with Crippen LogP contribution >= 0.6 is 23.1 Å². The highest BCUT2D eigenvalue weighted by Crippen LogP contribution is 2.23. The average Bonchev–Trinajstić information content (AvgIpc) is 3.47. The molecule has 0 aliphatic heterocycles. The molecule has 31 heavy (non-hydrogen) atoms. The van der Waals surface area contributed by atoms with E-state index in [0.717, 1.165) is 40.9 Å². The third-order valence-corrected chi connectivity index (χ3v) is 7.36. The molecule has 4 rings (SSSR count). The number of Topliss-reactive ketones (excluding diaryl/α,β-unsaturated/α-hetero) is 1. The summed E-state index contributed by atoms with van der Waals surface area (Å²) in [6.07, 6.45) is 0.984. The maximum atomic E-state index is 13.0. The Morgan fingerprint density at radius 1 is 1.03 bits per heavy atom. The summed E-state index contributed by atoms with van der Waals surface area (Å²) in [6.45, 7) is 7.66. The highest BCUT2D eigenvalue weighted by Gasteiger charge is 2.18. The molecule has 0 atom stereocenters. The van der Waals surface area contributed by atoms with Gasteiger partial charge in [-0.15, -0.1) is 21.5 Å². The highest BCUT2D eigenvalue weighted by atomic mass is 32.2. The summed E-state index contributed by atoms with van der Waals surface area (Å²) in [7, 11) is 0. The van der Waals surface area contributed by atoms with Crippen LogP contribution in [0, 0.1) is 20.8 Å². The van der Waals surface area contributed by atoms with Crippen LogP contribution in [-0.4, -0.2) is 30.9 Å². The number of thioether (sulfide) groups is 1. The number of carbonyl (C=O) groups excluding carboxylic acids is 1. The number of aromatic nitrogens is 4. The van der Waals surface area contributed by atoms with Gasteiger partial charge in [-0.3, -0.25) is 4.79 Å². The summed E-state index contributed by atoms with van der Waals surface area (Å²) in [6, 6.07) is 16.5. The topological polar surface area (TPSA) is 52.7 Å². The van der Waals surface area contributed by atoms with Gasteiger partial charge in [0.2, 0.25) is 0 Å². The molecule has 0 fully saturated rings. The number of ketones is 1. The normalized spacial score (nSPS) is 11.2. The van der Waals surface area contributed by atoms with E-state index in [1.165, 1.54) is 22.2 Å². The molecule has 0 N–H and O–H groups in total. The lowest BCUT2D eigenvalue weighted by Crippen LogP contribution is -2.09. The zero-order chi connectivity index (χ0) is 21.8. The van der Waals surface area contributed by atoms with Gasteiger partial charge in [-0.2, -0.15) is 0 Å². The van der Waals surface area contributed by atoms with Gasteiger partial charge in [-0.05, 0) is 50.3 Å². The quantitative estimate of drug-likeness (QED) is 0.255. The number of rotatable bonds is 9. The van der Waals surface area contributed by atoms with E-state index in [2.05, 4.69) is 55.9 Å². The molecule has 7 heteroatoms. The molecule has 0 aliphatic rings. The van der Waals surface area contributed by atoms with Crippen LogP contribution in [0.4, 0.5) is 0 Å². The second-order valence-electron chi connectivity index (χ2n) is 7.58. The molecular formula is C24H26N4OS2. The van der Waals surface area contributed by atoms with Crippen molar-refractivity contribution in [1.82, 2.24) is 19.3 Å². The number of hydrogen-bond donors (Lipinski definition) is 0. The molecule has 0 spiro atoms. The average molecular weight is 451 g/mol. The summed E-state index contributed by atoms with van der Waals surface area (Å²) in [5.41, 5.74) is 4.17. The first kappa shape index (κ1) is 21.6. The third kappa shape index (κ3) is 4.99. The molecular weight excluding hydrogens is 424 g/mol. The Hall–Kier alpha value is -2.64. The van der Waals surface area contributed by atoms with E-state index < -0.39 is 0 Å². The van der Waals surface area contributed by atoms with E-state index in [1.54, 1.807) is 11.3 Å². The molecule has 0 amide bonds. The maximum Gasteiger partial charge on any atom is 0.191 e. The standard InChI is InChI=1S/C24H26N4OS2/c1-17-14-22(18(2)27(17)12-11-21-10-7-13-30-21)23(29)16-31-24-26-25-19(3)28(24)15-20-8-5-4-6-9-20/h4-10,13-14H,11-12,15-16H2,1-3H3. The molecule has 0 aliphatic carbocycles. The second-order valence-corrected chi connectivity index (χ2v) is 9.55. The number of nitrogens with zero attached hydrogens (tertiary/aromatic N) is 4. The Bertz CT molecular complexity index is 1160. The summed E-state index contributed by atoms with van der Waals surface area (Å²) in [5, 5.41) is 11.4. The van der Waals surface area contributed by atoms with Crippen molar-refractivity contribution in [3.05, 3.63) is 87.1 Å². The predicted molar refractivity (Wildman–Crippen MR) is 127 cm³/mol. The predicted octanol–water partition coefficient (Wildman–Crippen LogP) is 5.33. The van der Waals surface area contributed by atoms with Gasteiger partial charge < -0.3 is 9.13 Å². The number of aryl methyl sites for hydroxylation is 3. The van der Waals surface area contributed by atoms with Gasteiger partial charge in [-0.1, -0.05) is 48.2 Å². The SMILES string of the molecule is Cc1cc(C(=O)CSc2nnc(C)n2Cc2ccccc2)c(C)n1CCc1cccs1. The Labute approximate surface area is 191 Å². The number of carbonyl (C=O) groups is 1. The minimum Gasteiger partial charge on any atom is -0.348 e. The van der Waals surface area contributed by atoms with Crippen LogP contribution < -0.4 is 0 Å². The van der Waals surface area contributed by atoms with Gasteiger partial charge in [0.15, 0.2) is 10.9 Å². The number of benzene rings is 1. The van der Waals surface area contributed by atoms with E-state index in [0.29, 0.717) is 12.3 Å². The molecule has 0 radical (unpaired) electrons. The van der Waals surface area contributed by atoms with Crippen molar-refractivity contribution in [1.29, 1.82) is 0 Å². The maximum absolute atomic E-state index is 13.0. The van der Waals surface area contributed by atoms with Crippen LogP contribution in [0.5, 0.6) is 0 Å². The van der Waals surface area contributed by atoms with Crippen molar-refractivity contribution in [2.75, 3.05) is 5.75 Å². The molecule has 160 valence electrons. The Morgan fingerprint density at radius 2 is 1.84 bits per heavy atom. The van der Waals surface area contributed by atoms with Crippen molar-refractivity contribution in [2.24, 2.45) is 0 Å². The fourth-order valence-electron chi connectivity index (χ4n) is 3.73. The minimum absolute atomic E-state index is 0.132. The largest absolute Gasteiger partial charge is 0.348 e. The molecule has 0 unspecified atom stereocenters. The first-order valence-electron chi connectivity index (χ1n) is 10.3. The summed E-state index contributed by atoms with van der Waals surface area (Å²) in [5.74, 6) is 1.33. The van der Waals surface area contributed by atoms with Crippen molar-refractivity contribution < 1.29 is 4.79 Å². The van der Waals surface area contributed by atoms with E-state index in [4.69, 9.17) is 0 Å². The van der Waals surface area contributed by atoms with Crippen molar-refractivity contribution >= 4 is 28.9 Å². The van der Waals surface area contributed by atoms with Crippen molar-refractivity contribution in [3.8, 4) is 0 Å². The van der Waals surface area contributed by atoms with E-state index in [-0.39, 0.29) is 5.78 Å². The molecule has 4 aromatic rings. The lowest BCUT2D eigenvalue weighted by atomic mass is 10.2. The van der Waals surface area contributed by atoms with Crippen molar-refractivity contribution in [3.63, 3.8) is 0 Å². The van der Waals surface area contributed by atoms with Gasteiger partial charge >= 0.3 is 0 Å².